The van der Waals surface area contributed by atoms with Crippen LogP contribution in [0.2, 0.25) is 0 Å². The summed E-state index contributed by atoms with van der Waals surface area (Å²) in [6.45, 7) is 2.38. The summed E-state index contributed by atoms with van der Waals surface area (Å²) in [5, 5.41) is 0. The molecule has 3 aromatic carbocycles. The highest BCUT2D eigenvalue weighted by Gasteiger charge is 2.51. The first-order chi connectivity index (χ1) is 15.7. The standard InChI is InChI=1S/C27H24N.BF4/c1-27(17-18-27)28-25(22-13-7-3-8-14-22)19-24(21-11-5-2-6-12-21)20-26(28)23-15-9-4-10-16-23;2-1(3,4)5/h2-16,19-20H,17-18H2,1H3;/q+1;-1. The smallest absolute Gasteiger partial charge is 0.418 e. The lowest BCUT2D eigenvalue weighted by Gasteiger charge is -2.16. The zero-order valence-corrected chi connectivity index (χ0v) is 18.3. The molecule has 0 saturated heterocycles. The van der Waals surface area contributed by atoms with Crippen LogP contribution in [0.15, 0.2) is 103 Å². The number of hydrogen-bond acceptors (Lipinski definition) is 0. The molecule has 0 unspecified atom stereocenters. The molecule has 33 heavy (non-hydrogen) atoms. The van der Waals surface area contributed by atoms with Crippen molar-refractivity contribution in [3.8, 4) is 33.6 Å². The molecular formula is C27H24BF4N. The van der Waals surface area contributed by atoms with Crippen molar-refractivity contribution < 1.29 is 21.8 Å². The average Bonchev–Trinajstić information content (AvgIpc) is 3.57. The summed E-state index contributed by atoms with van der Waals surface area (Å²) in [7, 11) is -6.00. The van der Waals surface area contributed by atoms with Gasteiger partial charge in [0, 0.05) is 43.0 Å². The molecule has 1 fully saturated rings. The average molecular weight is 449 g/mol. The third-order valence-electron chi connectivity index (χ3n) is 5.83. The predicted octanol–water partition coefficient (Wildman–Crippen LogP) is 7.78. The van der Waals surface area contributed by atoms with Crippen molar-refractivity contribution in [1.29, 1.82) is 0 Å². The number of halogens is 4. The Morgan fingerprint density at radius 2 is 0.909 bits per heavy atom. The Kier molecular flexibility index (Phi) is 6.36. The fraction of sp³-hybridized carbons (Fsp3) is 0.148. The maximum Gasteiger partial charge on any atom is 0.673 e. The Hall–Kier alpha value is -3.41. The minimum atomic E-state index is -6.00. The van der Waals surface area contributed by atoms with Gasteiger partial charge in [0.05, 0.1) is 0 Å². The number of aromatic nitrogens is 1. The molecular weight excluding hydrogens is 425 g/mol. The van der Waals surface area contributed by atoms with Crippen LogP contribution < -0.4 is 4.57 Å². The fourth-order valence-corrected chi connectivity index (χ4v) is 4.02. The minimum Gasteiger partial charge on any atom is -0.418 e. The molecule has 4 aromatic rings. The highest BCUT2D eigenvalue weighted by molar-refractivity contribution is 6.50. The Bertz CT molecular complexity index is 1140. The summed E-state index contributed by atoms with van der Waals surface area (Å²) in [5.74, 6) is 0. The fourth-order valence-electron chi connectivity index (χ4n) is 4.02. The second-order valence-electron chi connectivity index (χ2n) is 8.44. The maximum absolute atomic E-state index is 9.75. The first-order valence-corrected chi connectivity index (χ1v) is 10.9. The van der Waals surface area contributed by atoms with Crippen molar-refractivity contribution >= 4 is 7.25 Å². The normalized spacial score (nSPS) is 14.2. The van der Waals surface area contributed by atoms with Gasteiger partial charge in [-0.1, -0.05) is 66.7 Å². The van der Waals surface area contributed by atoms with Crippen LogP contribution in [0.5, 0.6) is 0 Å². The van der Waals surface area contributed by atoms with Crippen molar-refractivity contribution in [3.63, 3.8) is 0 Å². The molecule has 5 rings (SSSR count). The number of pyridine rings is 1. The lowest BCUT2D eigenvalue weighted by molar-refractivity contribution is -0.715. The summed E-state index contributed by atoms with van der Waals surface area (Å²) in [6.07, 6.45) is 2.45. The Balaban J connectivity index is 0.000000471. The van der Waals surface area contributed by atoms with E-state index in [0.717, 1.165) is 0 Å². The quantitative estimate of drug-likeness (QED) is 0.170. The van der Waals surface area contributed by atoms with E-state index < -0.39 is 7.25 Å². The molecule has 0 atom stereocenters. The van der Waals surface area contributed by atoms with Gasteiger partial charge in [-0.05, 0) is 35.4 Å². The molecule has 1 aliphatic rings. The zero-order chi connectivity index (χ0) is 23.5. The van der Waals surface area contributed by atoms with Crippen LogP contribution in [0.3, 0.4) is 0 Å². The molecule has 0 spiro atoms. The van der Waals surface area contributed by atoms with Gasteiger partial charge in [-0.3, -0.25) is 0 Å². The van der Waals surface area contributed by atoms with E-state index in [-0.39, 0.29) is 5.54 Å². The van der Waals surface area contributed by atoms with Crippen molar-refractivity contribution in [1.82, 2.24) is 0 Å². The Morgan fingerprint density at radius 3 is 1.24 bits per heavy atom. The van der Waals surface area contributed by atoms with E-state index in [1.54, 1.807) is 0 Å². The first-order valence-electron chi connectivity index (χ1n) is 10.9. The van der Waals surface area contributed by atoms with Gasteiger partial charge in [0.1, 0.15) is 0 Å². The van der Waals surface area contributed by atoms with Crippen LogP contribution in [0.4, 0.5) is 17.3 Å². The second kappa shape index (κ2) is 9.22. The van der Waals surface area contributed by atoms with E-state index >= 15 is 0 Å². The monoisotopic (exact) mass is 449 g/mol. The molecule has 1 heterocycles. The third kappa shape index (κ3) is 5.69. The van der Waals surface area contributed by atoms with E-state index in [1.807, 2.05) is 0 Å². The summed E-state index contributed by atoms with van der Waals surface area (Å²) in [4.78, 5) is 0. The molecule has 0 radical (unpaired) electrons. The van der Waals surface area contributed by atoms with Crippen LogP contribution in [0, 0.1) is 0 Å². The maximum atomic E-state index is 9.75. The van der Waals surface area contributed by atoms with Crippen LogP contribution in [0.1, 0.15) is 19.8 Å². The van der Waals surface area contributed by atoms with Crippen molar-refractivity contribution in [2.75, 3.05) is 0 Å². The molecule has 6 heteroatoms. The summed E-state index contributed by atoms with van der Waals surface area (Å²) < 4.78 is 41.6. The van der Waals surface area contributed by atoms with E-state index in [9.17, 15) is 17.3 Å². The van der Waals surface area contributed by atoms with Gasteiger partial charge in [-0.25, -0.2) is 0 Å². The molecule has 0 bridgehead atoms. The van der Waals surface area contributed by atoms with Crippen LogP contribution in [-0.2, 0) is 5.54 Å². The van der Waals surface area contributed by atoms with Gasteiger partial charge < -0.3 is 17.3 Å². The van der Waals surface area contributed by atoms with Gasteiger partial charge in [-0.15, -0.1) is 0 Å². The van der Waals surface area contributed by atoms with E-state index in [1.165, 1.54) is 46.5 Å². The first kappa shape index (κ1) is 22.8. The largest absolute Gasteiger partial charge is 0.673 e. The van der Waals surface area contributed by atoms with E-state index in [0.29, 0.717) is 0 Å². The molecule has 1 nitrogen and oxygen atoms in total. The van der Waals surface area contributed by atoms with Gasteiger partial charge in [-0.2, -0.15) is 4.57 Å². The highest BCUT2D eigenvalue weighted by atomic mass is 19.5. The van der Waals surface area contributed by atoms with Gasteiger partial charge in [0.2, 0.25) is 11.4 Å². The topological polar surface area (TPSA) is 3.88 Å². The molecule has 0 aliphatic heterocycles. The number of nitrogens with zero attached hydrogens (tertiary/aromatic N) is 1. The number of benzene rings is 3. The molecule has 0 N–H and O–H groups in total. The van der Waals surface area contributed by atoms with Crippen LogP contribution in [0.25, 0.3) is 33.6 Å². The molecule has 1 aromatic heterocycles. The lowest BCUT2D eigenvalue weighted by atomic mass is 9.98. The zero-order valence-electron chi connectivity index (χ0n) is 18.3. The second-order valence-corrected chi connectivity index (χ2v) is 8.44. The predicted molar refractivity (Wildman–Crippen MR) is 126 cm³/mol. The molecule has 168 valence electrons. The Labute approximate surface area is 191 Å². The van der Waals surface area contributed by atoms with Gasteiger partial charge in [0.15, 0.2) is 5.54 Å². The summed E-state index contributed by atoms with van der Waals surface area (Å²) in [5.41, 5.74) is 7.83. The minimum absolute atomic E-state index is 0.186. The lowest BCUT2D eigenvalue weighted by Crippen LogP contribution is -2.48. The van der Waals surface area contributed by atoms with E-state index in [2.05, 4.69) is 115 Å². The van der Waals surface area contributed by atoms with E-state index in [4.69, 9.17) is 0 Å². The highest BCUT2D eigenvalue weighted by Crippen LogP contribution is 2.42. The summed E-state index contributed by atoms with van der Waals surface area (Å²) >= 11 is 0. The SMILES string of the molecule is CC1([n+]2c(-c3ccccc3)cc(-c3ccccc3)cc2-c2ccccc2)CC1.F[B-](F)(F)F. The molecule has 0 amide bonds. The van der Waals surface area contributed by atoms with Crippen molar-refractivity contribution in [2.45, 2.75) is 25.3 Å². The van der Waals surface area contributed by atoms with Crippen LogP contribution >= 0.6 is 0 Å². The van der Waals surface area contributed by atoms with Gasteiger partial charge >= 0.3 is 7.25 Å². The molecule has 1 saturated carbocycles. The third-order valence-corrected chi connectivity index (χ3v) is 5.83. The van der Waals surface area contributed by atoms with Gasteiger partial charge in [0.25, 0.3) is 0 Å². The van der Waals surface area contributed by atoms with Crippen molar-refractivity contribution in [2.24, 2.45) is 0 Å². The number of hydrogen-bond donors (Lipinski definition) is 0. The number of rotatable bonds is 4. The van der Waals surface area contributed by atoms with Crippen LogP contribution in [-0.4, -0.2) is 7.25 Å². The Morgan fingerprint density at radius 1 is 0.576 bits per heavy atom. The molecule has 1 aliphatic carbocycles. The summed E-state index contributed by atoms with van der Waals surface area (Å²) in [6, 6.07) is 37.0. The van der Waals surface area contributed by atoms with Crippen molar-refractivity contribution in [3.05, 3.63) is 103 Å².